The normalized spacial score (nSPS) is 14.0. The number of H-pyrrole nitrogens is 2. The molecule has 5 aromatic heterocycles. The third-order valence-electron chi connectivity index (χ3n) is 5.81. The topological polar surface area (TPSA) is 125 Å². The number of carbonyl (C=O) groups is 1. The van der Waals surface area contributed by atoms with E-state index < -0.39 is 5.82 Å². The fourth-order valence-electron chi connectivity index (χ4n) is 3.87. The predicted molar refractivity (Wildman–Crippen MR) is 116 cm³/mol. The molecule has 0 aromatic carbocycles. The highest BCUT2D eigenvalue weighted by Gasteiger charge is 2.25. The van der Waals surface area contributed by atoms with Crippen LogP contribution >= 0.6 is 0 Å². The Kier molecular flexibility index (Phi) is 4.17. The Bertz CT molecular complexity index is 1450. The molecule has 158 valence electrons. The number of hydrogen-bond acceptors (Lipinski definition) is 6. The van der Waals surface area contributed by atoms with E-state index in [1.54, 1.807) is 30.7 Å². The van der Waals surface area contributed by atoms with Crippen molar-refractivity contribution in [3.63, 3.8) is 0 Å². The van der Waals surface area contributed by atoms with Crippen LogP contribution in [0.3, 0.4) is 0 Å². The van der Waals surface area contributed by atoms with Crippen LogP contribution in [0.4, 0.5) is 10.1 Å². The lowest BCUT2D eigenvalue weighted by molar-refractivity contribution is -0.122. The van der Waals surface area contributed by atoms with Gasteiger partial charge in [-0.05, 0) is 25.0 Å². The number of imidazole rings is 1. The predicted octanol–water partition coefficient (Wildman–Crippen LogP) is 3.84. The first-order chi connectivity index (χ1) is 15.7. The molecule has 3 N–H and O–H groups in total. The molecule has 6 rings (SSSR count). The summed E-state index contributed by atoms with van der Waals surface area (Å²) in [7, 11) is 0. The van der Waals surface area contributed by atoms with Gasteiger partial charge in [0.2, 0.25) is 5.91 Å². The fourth-order valence-corrected chi connectivity index (χ4v) is 3.87. The van der Waals surface area contributed by atoms with Crippen molar-refractivity contribution in [2.24, 2.45) is 5.92 Å². The average molecular weight is 428 g/mol. The highest BCUT2D eigenvalue weighted by atomic mass is 19.1. The number of pyridine rings is 3. The van der Waals surface area contributed by atoms with E-state index in [4.69, 9.17) is 0 Å². The minimum atomic E-state index is -0.547. The van der Waals surface area contributed by atoms with Crippen LogP contribution in [-0.2, 0) is 4.79 Å². The van der Waals surface area contributed by atoms with E-state index in [9.17, 15) is 4.79 Å². The standard InChI is InChI=1S/C22H17FN8O/c23-18-17-16(30-31-20(17)21-28-14-4-5-24-9-15(14)29-21)10-26-19(18)12-6-13(8-25-7-12)27-22(32)11-2-1-3-11/h4-11H,1-3H2,(H,27,32)(H,28,29)(H,30,31). The molecule has 32 heavy (non-hydrogen) atoms. The monoisotopic (exact) mass is 428 g/mol. The minimum Gasteiger partial charge on any atom is -0.335 e. The fraction of sp³-hybridized carbons (Fsp3) is 0.182. The first-order valence-corrected chi connectivity index (χ1v) is 10.3. The Morgan fingerprint density at radius 2 is 2.00 bits per heavy atom. The maximum atomic E-state index is 15.7. The van der Waals surface area contributed by atoms with Crippen molar-refractivity contribution in [1.29, 1.82) is 0 Å². The summed E-state index contributed by atoms with van der Waals surface area (Å²) in [5.74, 6) is -0.114. The van der Waals surface area contributed by atoms with Gasteiger partial charge < -0.3 is 10.3 Å². The van der Waals surface area contributed by atoms with Crippen molar-refractivity contribution >= 4 is 33.5 Å². The van der Waals surface area contributed by atoms with E-state index in [0.717, 1.165) is 24.8 Å². The summed E-state index contributed by atoms with van der Waals surface area (Å²) >= 11 is 0. The molecule has 1 aliphatic rings. The smallest absolute Gasteiger partial charge is 0.227 e. The molecule has 0 saturated heterocycles. The van der Waals surface area contributed by atoms with E-state index in [1.807, 2.05) is 0 Å². The van der Waals surface area contributed by atoms with E-state index in [1.165, 1.54) is 12.4 Å². The zero-order valence-electron chi connectivity index (χ0n) is 16.8. The highest BCUT2D eigenvalue weighted by molar-refractivity contribution is 5.96. The molecule has 1 amide bonds. The molecule has 10 heteroatoms. The van der Waals surface area contributed by atoms with Crippen molar-refractivity contribution in [3.05, 3.63) is 48.9 Å². The lowest BCUT2D eigenvalue weighted by Gasteiger charge is -2.24. The van der Waals surface area contributed by atoms with Crippen molar-refractivity contribution < 1.29 is 9.18 Å². The second kappa shape index (κ2) is 7.19. The number of amides is 1. The van der Waals surface area contributed by atoms with Gasteiger partial charge in [-0.15, -0.1) is 0 Å². The van der Waals surface area contributed by atoms with E-state index in [-0.39, 0.29) is 22.9 Å². The first-order valence-electron chi connectivity index (χ1n) is 10.3. The molecular formula is C22H17FN8O. The summed E-state index contributed by atoms with van der Waals surface area (Å²) in [5, 5.41) is 10.2. The maximum Gasteiger partial charge on any atom is 0.227 e. The van der Waals surface area contributed by atoms with Crippen LogP contribution in [0.25, 0.3) is 44.7 Å². The van der Waals surface area contributed by atoms with Crippen LogP contribution in [0, 0.1) is 11.7 Å². The molecule has 1 saturated carbocycles. The van der Waals surface area contributed by atoms with Gasteiger partial charge in [-0.1, -0.05) is 6.42 Å². The molecule has 5 heterocycles. The average Bonchev–Trinajstić information content (AvgIpc) is 3.37. The largest absolute Gasteiger partial charge is 0.335 e. The van der Waals surface area contributed by atoms with Gasteiger partial charge in [0.25, 0.3) is 0 Å². The first kappa shape index (κ1) is 18.6. The number of nitrogens with zero attached hydrogens (tertiary/aromatic N) is 5. The third kappa shape index (κ3) is 2.99. The van der Waals surface area contributed by atoms with Gasteiger partial charge in [-0.2, -0.15) is 5.10 Å². The van der Waals surface area contributed by atoms with Crippen molar-refractivity contribution in [2.75, 3.05) is 5.32 Å². The summed E-state index contributed by atoms with van der Waals surface area (Å²) < 4.78 is 15.7. The summed E-state index contributed by atoms with van der Waals surface area (Å²) in [4.78, 5) is 32.4. The number of fused-ring (bicyclic) bond motifs is 2. The molecular weight excluding hydrogens is 411 g/mol. The molecule has 0 spiro atoms. The van der Waals surface area contributed by atoms with E-state index in [0.29, 0.717) is 33.8 Å². The SMILES string of the molecule is O=C(Nc1cncc(-c2ncc3[nH]nc(-c4nc5ccncc5[nH]4)c3c2F)c1)C1CCC1. The van der Waals surface area contributed by atoms with Gasteiger partial charge in [-0.3, -0.25) is 24.8 Å². The number of nitrogens with one attached hydrogen (secondary N) is 3. The number of anilines is 1. The van der Waals surface area contributed by atoms with Crippen LogP contribution in [0.5, 0.6) is 0 Å². The maximum absolute atomic E-state index is 15.7. The molecule has 0 atom stereocenters. The van der Waals surface area contributed by atoms with Gasteiger partial charge in [0.15, 0.2) is 11.6 Å². The van der Waals surface area contributed by atoms with Gasteiger partial charge in [0.1, 0.15) is 11.4 Å². The highest BCUT2D eigenvalue weighted by Crippen LogP contribution is 2.33. The van der Waals surface area contributed by atoms with Crippen molar-refractivity contribution in [3.8, 4) is 22.8 Å². The minimum absolute atomic E-state index is 0.0319. The summed E-state index contributed by atoms with van der Waals surface area (Å²) in [6, 6.07) is 3.44. The second-order valence-corrected chi connectivity index (χ2v) is 7.84. The molecule has 1 aliphatic carbocycles. The summed E-state index contributed by atoms with van der Waals surface area (Å²) in [6.45, 7) is 0. The van der Waals surface area contributed by atoms with Gasteiger partial charge >= 0.3 is 0 Å². The number of rotatable bonds is 4. The molecule has 0 unspecified atom stereocenters. The van der Waals surface area contributed by atoms with Crippen molar-refractivity contribution in [2.45, 2.75) is 19.3 Å². The van der Waals surface area contributed by atoms with Crippen LogP contribution in [0.15, 0.2) is 43.1 Å². The summed E-state index contributed by atoms with van der Waals surface area (Å²) in [5.41, 5.74) is 3.31. The lowest BCUT2D eigenvalue weighted by Crippen LogP contribution is -2.28. The van der Waals surface area contributed by atoms with Crippen LogP contribution in [-0.4, -0.2) is 41.0 Å². The van der Waals surface area contributed by atoms with Gasteiger partial charge in [0.05, 0.1) is 46.2 Å². The van der Waals surface area contributed by atoms with Crippen molar-refractivity contribution in [1.82, 2.24) is 35.1 Å². The van der Waals surface area contributed by atoms with Gasteiger partial charge in [0, 0.05) is 23.9 Å². The molecule has 0 radical (unpaired) electrons. The molecule has 1 fully saturated rings. The quantitative estimate of drug-likeness (QED) is 0.399. The number of aromatic amines is 2. The Balaban J connectivity index is 1.41. The molecule has 9 nitrogen and oxygen atoms in total. The number of hydrogen-bond donors (Lipinski definition) is 3. The zero-order chi connectivity index (χ0) is 21.7. The molecule has 0 aliphatic heterocycles. The Morgan fingerprint density at radius 1 is 1.09 bits per heavy atom. The van der Waals surface area contributed by atoms with Crippen LogP contribution < -0.4 is 5.32 Å². The van der Waals surface area contributed by atoms with Crippen LogP contribution in [0.1, 0.15) is 19.3 Å². The Morgan fingerprint density at radius 3 is 2.81 bits per heavy atom. The zero-order valence-corrected chi connectivity index (χ0v) is 16.8. The van der Waals surface area contributed by atoms with Crippen LogP contribution in [0.2, 0.25) is 0 Å². The van der Waals surface area contributed by atoms with Gasteiger partial charge in [-0.25, -0.2) is 9.37 Å². The summed E-state index contributed by atoms with van der Waals surface area (Å²) in [6.07, 6.45) is 10.7. The van der Waals surface area contributed by atoms with E-state index >= 15 is 4.39 Å². The van der Waals surface area contributed by atoms with E-state index in [2.05, 4.69) is 40.4 Å². The lowest BCUT2D eigenvalue weighted by atomic mass is 9.85. The molecule has 5 aromatic rings. The Labute approximate surface area is 180 Å². The number of carbonyl (C=O) groups excluding carboxylic acids is 1. The second-order valence-electron chi connectivity index (χ2n) is 7.84. The Hall–Kier alpha value is -4.21. The number of halogens is 1. The third-order valence-corrected chi connectivity index (χ3v) is 5.81. The number of aromatic nitrogens is 7. The molecule has 0 bridgehead atoms.